The molecule has 0 bridgehead atoms. The highest BCUT2D eigenvalue weighted by Crippen LogP contribution is 2.14. The minimum absolute atomic E-state index is 0.0200. The average molecular weight is 276 g/mol. The third-order valence-electron chi connectivity index (χ3n) is 3.01. The highest BCUT2D eigenvalue weighted by atomic mass is 16.2. The van der Waals surface area contributed by atoms with Crippen molar-refractivity contribution >= 4 is 22.6 Å². The Hall–Kier alpha value is -2.41. The number of hydrogen-bond acceptors (Lipinski definition) is 4. The van der Waals surface area contributed by atoms with E-state index >= 15 is 0 Å². The molecule has 0 aliphatic carbocycles. The zero-order valence-corrected chi connectivity index (χ0v) is 11.2. The van der Waals surface area contributed by atoms with Crippen LogP contribution in [0.1, 0.15) is 13.8 Å². The summed E-state index contributed by atoms with van der Waals surface area (Å²) >= 11 is 0. The van der Waals surface area contributed by atoms with E-state index in [1.54, 1.807) is 18.2 Å². The van der Waals surface area contributed by atoms with Gasteiger partial charge in [-0.3, -0.25) is 14.4 Å². The zero-order chi connectivity index (χ0) is 14.9. The first-order valence-corrected chi connectivity index (χ1v) is 6.21. The van der Waals surface area contributed by atoms with Gasteiger partial charge in [0.2, 0.25) is 5.91 Å². The molecule has 20 heavy (non-hydrogen) atoms. The third-order valence-corrected chi connectivity index (χ3v) is 3.01. The molecule has 2 rings (SSSR count). The van der Waals surface area contributed by atoms with Gasteiger partial charge in [0.25, 0.3) is 0 Å². The van der Waals surface area contributed by atoms with Crippen LogP contribution in [-0.4, -0.2) is 21.9 Å². The number of nitrogens with two attached hydrogens (primary N) is 1. The second kappa shape index (κ2) is 5.30. The molecule has 1 amide bonds. The number of fused-ring (bicyclic) bond motifs is 1. The normalized spacial score (nSPS) is 12.6. The maximum Gasteiger partial charge on any atom is 0.314 e. The Morgan fingerprint density at radius 2 is 1.75 bits per heavy atom. The second-order valence-corrected chi connectivity index (χ2v) is 4.93. The number of hydrogen-bond donors (Lipinski definition) is 4. The summed E-state index contributed by atoms with van der Waals surface area (Å²) in [7, 11) is 0. The van der Waals surface area contributed by atoms with Crippen LogP contribution in [0, 0.1) is 5.92 Å². The van der Waals surface area contributed by atoms with Crippen LogP contribution >= 0.6 is 0 Å². The monoisotopic (exact) mass is 276 g/mol. The van der Waals surface area contributed by atoms with Gasteiger partial charge in [-0.05, 0) is 24.1 Å². The molecule has 7 nitrogen and oxygen atoms in total. The molecule has 0 saturated carbocycles. The van der Waals surface area contributed by atoms with Gasteiger partial charge in [-0.25, -0.2) is 0 Å². The van der Waals surface area contributed by atoms with Gasteiger partial charge in [0, 0.05) is 5.69 Å². The van der Waals surface area contributed by atoms with Crippen LogP contribution in [0.5, 0.6) is 0 Å². The van der Waals surface area contributed by atoms with E-state index in [-0.39, 0.29) is 11.8 Å². The van der Waals surface area contributed by atoms with E-state index in [2.05, 4.69) is 15.3 Å². The molecule has 106 valence electrons. The molecule has 1 aromatic heterocycles. The molecule has 0 radical (unpaired) electrons. The first kappa shape index (κ1) is 14.0. The van der Waals surface area contributed by atoms with Crippen LogP contribution in [0.2, 0.25) is 0 Å². The molecular formula is C13H16N4O3. The van der Waals surface area contributed by atoms with E-state index in [1.165, 1.54) is 0 Å². The van der Waals surface area contributed by atoms with Gasteiger partial charge in [-0.2, -0.15) is 0 Å². The van der Waals surface area contributed by atoms with Gasteiger partial charge in [0.05, 0.1) is 17.1 Å². The van der Waals surface area contributed by atoms with Crippen LogP contribution in [0.3, 0.4) is 0 Å². The topological polar surface area (TPSA) is 121 Å². The number of amides is 1. The van der Waals surface area contributed by atoms with E-state index < -0.39 is 17.2 Å². The molecule has 0 unspecified atom stereocenters. The summed E-state index contributed by atoms with van der Waals surface area (Å²) in [6.45, 7) is 3.71. The Morgan fingerprint density at radius 1 is 1.15 bits per heavy atom. The van der Waals surface area contributed by atoms with Gasteiger partial charge >= 0.3 is 11.1 Å². The lowest BCUT2D eigenvalue weighted by Gasteiger charge is -2.15. The van der Waals surface area contributed by atoms with Gasteiger partial charge in [-0.1, -0.05) is 13.8 Å². The maximum absolute atomic E-state index is 11.8. The molecule has 0 spiro atoms. The molecule has 5 N–H and O–H groups in total. The summed E-state index contributed by atoms with van der Waals surface area (Å²) in [5.41, 5.74) is 5.72. The minimum atomic E-state index is -0.736. The van der Waals surface area contributed by atoms with Crippen molar-refractivity contribution in [3.05, 3.63) is 38.9 Å². The number of aromatic amines is 2. The van der Waals surface area contributed by atoms with Gasteiger partial charge in [0.15, 0.2) is 0 Å². The lowest BCUT2D eigenvalue weighted by molar-refractivity contribution is -0.118. The Balaban J connectivity index is 2.33. The van der Waals surface area contributed by atoms with Crippen molar-refractivity contribution in [3.8, 4) is 0 Å². The van der Waals surface area contributed by atoms with Crippen LogP contribution in [0.4, 0.5) is 5.69 Å². The molecular weight excluding hydrogens is 260 g/mol. The molecule has 0 aliphatic heterocycles. The standard InChI is InChI=1S/C13H16N4O3/c1-6(2)10(14)11(18)15-7-3-4-8-9(5-7)17-13(20)12(19)16-8/h3-6,10H,14H2,1-2H3,(H,15,18)(H,16,19)(H,17,20)/t10-/m0/s1. The maximum atomic E-state index is 11.8. The molecule has 0 saturated heterocycles. The van der Waals surface area contributed by atoms with Crippen LogP contribution in [0.15, 0.2) is 27.8 Å². The smallest absolute Gasteiger partial charge is 0.314 e. The zero-order valence-electron chi connectivity index (χ0n) is 11.2. The summed E-state index contributed by atoms with van der Waals surface area (Å²) in [5, 5.41) is 2.67. The quantitative estimate of drug-likeness (QED) is 0.596. The summed E-state index contributed by atoms with van der Waals surface area (Å²) < 4.78 is 0. The van der Waals surface area contributed by atoms with Crippen LogP contribution in [0.25, 0.3) is 11.0 Å². The number of aromatic nitrogens is 2. The first-order chi connectivity index (χ1) is 9.38. The fourth-order valence-corrected chi connectivity index (χ4v) is 1.72. The summed E-state index contributed by atoms with van der Waals surface area (Å²) in [6.07, 6.45) is 0. The fraction of sp³-hybridized carbons (Fsp3) is 0.308. The Kier molecular flexibility index (Phi) is 3.71. The predicted octanol–water partition coefficient (Wildman–Crippen LogP) is 0.138. The first-order valence-electron chi connectivity index (χ1n) is 6.21. The van der Waals surface area contributed by atoms with Crippen molar-refractivity contribution in [2.75, 3.05) is 5.32 Å². The van der Waals surface area contributed by atoms with Gasteiger partial charge in [0.1, 0.15) is 0 Å². The second-order valence-electron chi connectivity index (χ2n) is 4.93. The molecule has 2 aromatic rings. The van der Waals surface area contributed by atoms with Crippen molar-refractivity contribution in [1.29, 1.82) is 0 Å². The van der Waals surface area contributed by atoms with E-state index in [0.29, 0.717) is 16.7 Å². The van der Waals surface area contributed by atoms with Crippen molar-refractivity contribution in [2.45, 2.75) is 19.9 Å². The van der Waals surface area contributed by atoms with E-state index in [9.17, 15) is 14.4 Å². The largest absolute Gasteiger partial charge is 0.325 e. The molecule has 7 heteroatoms. The SMILES string of the molecule is CC(C)[C@H](N)C(=O)Nc1ccc2[nH]c(=O)c(=O)[nH]c2c1. The highest BCUT2D eigenvalue weighted by Gasteiger charge is 2.17. The molecule has 0 fully saturated rings. The van der Waals surface area contributed by atoms with Gasteiger partial charge < -0.3 is 21.0 Å². The van der Waals surface area contributed by atoms with Crippen molar-refractivity contribution in [2.24, 2.45) is 11.7 Å². The van der Waals surface area contributed by atoms with Crippen molar-refractivity contribution < 1.29 is 4.79 Å². The summed E-state index contributed by atoms with van der Waals surface area (Å²) in [6, 6.07) is 4.18. The van der Waals surface area contributed by atoms with Crippen molar-refractivity contribution in [3.63, 3.8) is 0 Å². The van der Waals surface area contributed by atoms with Gasteiger partial charge in [-0.15, -0.1) is 0 Å². The number of H-pyrrole nitrogens is 2. The minimum Gasteiger partial charge on any atom is -0.325 e. The van der Waals surface area contributed by atoms with Crippen molar-refractivity contribution in [1.82, 2.24) is 9.97 Å². The number of benzene rings is 1. The lowest BCUT2D eigenvalue weighted by atomic mass is 10.0. The van der Waals surface area contributed by atoms with Crippen LogP contribution in [-0.2, 0) is 4.79 Å². The molecule has 1 aromatic carbocycles. The number of nitrogens with one attached hydrogen (secondary N) is 3. The third kappa shape index (κ3) is 2.77. The molecule has 0 aliphatic rings. The Labute approximate surface area is 114 Å². The van der Waals surface area contributed by atoms with E-state index in [4.69, 9.17) is 5.73 Å². The number of carbonyl (C=O) groups excluding carboxylic acids is 1. The predicted molar refractivity (Wildman–Crippen MR) is 76.6 cm³/mol. The Morgan fingerprint density at radius 3 is 2.35 bits per heavy atom. The summed E-state index contributed by atoms with van der Waals surface area (Å²) in [5.74, 6) is -0.280. The number of anilines is 1. The molecule has 1 heterocycles. The van der Waals surface area contributed by atoms with E-state index in [0.717, 1.165) is 0 Å². The van der Waals surface area contributed by atoms with E-state index in [1.807, 2.05) is 13.8 Å². The fourth-order valence-electron chi connectivity index (χ4n) is 1.72. The Bertz CT molecular complexity index is 760. The number of rotatable bonds is 3. The lowest BCUT2D eigenvalue weighted by Crippen LogP contribution is -2.39. The summed E-state index contributed by atoms with van der Waals surface area (Å²) in [4.78, 5) is 39.2. The average Bonchev–Trinajstić information content (AvgIpc) is 2.39. The number of carbonyl (C=O) groups is 1. The highest BCUT2D eigenvalue weighted by molar-refractivity contribution is 5.96. The molecule has 1 atom stereocenters. The van der Waals surface area contributed by atoms with Crippen LogP contribution < -0.4 is 22.2 Å².